The molecule has 47 heavy (non-hydrogen) atoms. The zero-order chi connectivity index (χ0) is 34.2. The first-order valence-corrected chi connectivity index (χ1v) is 20.1. The van der Waals surface area contributed by atoms with Crippen molar-refractivity contribution >= 4 is 14.0 Å². The maximum Gasteiger partial charge on any atom is 0.433 e. The van der Waals surface area contributed by atoms with Crippen LogP contribution in [0.5, 0.6) is 5.75 Å². The third-order valence-electron chi connectivity index (χ3n) is 8.58. The lowest BCUT2D eigenvalue weighted by atomic mass is 9.73. The summed E-state index contributed by atoms with van der Waals surface area (Å²) in [5.41, 5.74) is 0.434. The number of rotatable bonds is 15. The van der Waals surface area contributed by atoms with Crippen molar-refractivity contribution in [3.63, 3.8) is 0 Å². The molecule has 0 N–H and O–H groups in total. The molecule has 1 saturated carbocycles. The predicted molar refractivity (Wildman–Crippen MR) is 178 cm³/mol. The minimum absolute atomic E-state index is 0.0278. The molecule has 4 rings (SSSR count). The van der Waals surface area contributed by atoms with Crippen LogP contribution in [-0.2, 0) is 31.9 Å². The first-order chi connectivity index (χ1) is 22.3. The fourth-order valence-electron chi connectivity index (χ4n) is 5.81. The molecule has 0 bridgehead atoms. The van der Waals surface area contributed by atoms with Crippen molar-refractivity contribution in [2.24, 2.45) is 5.41 Å². The number of hydrogen-bond acceptors (Lipinski definition) is 7. The molecule has 0 atom stereocenters. The molecule has 3 aromatic rings. The SMILES string of the molecule is CCCCOC(=O)[C@]1(COC)CC[C@@H](Oc2ccc(-c3ccc(-c4nc(C)c(C(F)(F)F)n4COCC[Si](C)(C)C)cn3)cc2)CC1. The fourth-order valence-corrected chi connectivity index (χ4v) is 6.57. The minimum Gasteiger partial charge on any atom is -0.490 e. The number of benzene rings is 1. The first kappa shape index (κ1) is 36.6. The van der Waals surface area contributed by atoms with Gasteiger partial charge < -0.3 is 18.9 Å². The third-order valence-corrected chi connectivity index (χ3v) is 10.3. The van der Waals surface area contributed by atoms with Gasteiger partial charge in [-0.1, -0.05) is 33.0 Å². The lowest BCUT2D eigenvalue weighted by Crippen LogP contribution is -2.42. The second-order valence-electron chi connectivity index (χ2n) is 13.6. The summed E-state index contributed by atoms with van der Waals surface area (Å²) in [6, 6.07) is 11.9. The molecule has 1 aliphatic carbocycles. The van der Waals surface area contributed by atoms with Crippen LogP contribution >= 0.6 is 0 Å². The van der Waals surface area contributed by atoms with E-state index < -0.39 is 25.4 Å². The Morgan fingerprint density at radius 3 is 2.30 bits per heavy atom. The summed E-state index contributed by atoms with van der Waals surface area (Å²) >= 11 is 0. The molecule has 0 aliphatic heterocycles. The highest BCUT2D eigenvalue weighted by atomic mass is 28.3. The highest BCUT2D eigenvalue weighted by Crippen LogP contribution is 2.40. The van der Waals surface area contributed by atoms with Crippen LogP contribution in [0.15, 0.2) is 42.6 Å². The second-order valence-corrected chi connectivity index (χ2v) is 19.2. The standard InChI is InChI=1S/C35H48F3N3O5Si/c1-7-8-19-45-33(42)34(23-43-3)17-15-29(16-18-34)46-28-12-9-26(10-13-28)30-14-11-27(22-39-30)32-40-25(2)31(35(36,37)38)41(32)24-44-20-21-47(4,5)6/h9-14,22,29H,7-8,15-21,23-24H2,1-6H3/t29-,34-. The fraction of sp³-hybridized carbons (Fsp3) is 0.571. The van der Waals surface area contributed by atoms with Gasteiger partial charge in [0.2, 0.25) is 0 Å². The number of ether oxygens (including phenoxy) is 4. The van der Waals surface area contributed by atoms with Gasteiger partial charge in [-0.05, 0) is 81.5 Å². The third kappa shape index (κ3) is 9.67. The zero-order valence-corrected chi connectivity index (χ0v) is 29.4. The van der Waals surface area contributed by atoms with E-state index in [9.17, 15) is 18.0 Å². The summed E-state index contributed by atoms with van der Waals surface area (Å²) in [5, 5.41) is 0. The summed E-state index contributed by atoms with van der Waals surface area (Å²) in [4.78, 5) is 21.7. The van der Waals surface area contributed by atoms with E-state index in [1.165, 1.54) is 6.92 Å². The Hall–Kier alpha value is -3.22. The monoisotopic (exact) mass is 675 g/mol. The summed E-state index contributed by atoms with van der Waals surface area (Å²) in [5.74, 6) is 0.702. The van der Waals surface area contributed by atoms with Gasteiger partial charge in [-0.25, -0.2) is 4.98 Å². The number of nitrogens with zero attached hydrogens (tertiary/aromatic N) is 3. The van der Waals surface area contributed by atoms with E-state index in [4.69, 9.17) is 18.9 Å². The summed E-state index contributed by atoms with van der Waals surface area (Å²) in [6.45, 7) is 10.9. The Morgan fingerprint density at radius 2 is 1.72 bits per heavy atom. The van der Waals surface area contributed by atoms with Crippen LogP contribution < -0.4 is 4.74 Å². The smallest absolute Gasteiger partial charge is 0.433 e. The molecule has 0 radical (unpaired) electrons. The van der Waals surface area contributed by atoms with E-state index in [1.807, 2.05) is 24.3 Å². The minimum atomic E-state index is -4.57. The number of halogens is 3. The van der Waals surface area contributed by atoms with Crippen LogP contribution in [0.25, 0.3) is 22.6 Å². The Morgan fingerprint density at radius 1 is 1.04 bits per heavy atom. The van der Waals surface area contributed by atoms with E-state index in [1.54, 1.807) is 25.4 Å². The number of methoxy groups -OCH3 is 1. The second kappa shape index (κ2) is 15.8. The van der Waals surface area contributed by atoms with E-state index >= 15 is 0 Å². The predicted octanol–water partition coefficient (Wildman–Crippen LogP) is 8.55. The number of carbonyl (C=O) groups excluding carboxylic acids is 1. The molecule has 1 aliphatic rings. The average molecular weight is 676 g/mol. The van der Waals surface area contributed by atoms with Crippen molar-refractivity contribution in [1.29, 1.82) is 0 Å². The van der Waals surface area contributed by atoms with Gasteiger partial charge in [0.05, 0.1) is 36.1 Å². The van der Waals surface area contributed by atoms with Crippen molar-refractivity contribution in [2.75, 3.05) is 26.9 Å². The van der Waals surface area contributed by atoms with Gasteiger partial charge in [-0.2, -0.15) is 13.2 Å². The zero-order valence-electron chi connectivity index (χ0n) is 28.4. The molecule has 258 valence electrons. The van der Waals surface area contributed by atoms with Gasteiger partial charge in [-0.3, -0.25) is 14.3 Å². The molecule has 1 aromatic carbocycles. The largest absolute Gasteiger partial charge is 0.490 e. The maximum absolute atomic E-state index is 14.0. The summed E-state index contributed by atoms with van der Waals surface area (Å²) < 4.78 is 66.0. The molecule has 0 spiro atoms. The lowest BCUT2D eigenvalue weighted by molar-refractivity contribution is -0.163. The Labute approximate surface area is 277 Å². The van der Waals surface area contributed by atoms with Crippen LogP contribution in [0, 0.1) is 12.3 Å². The number of carbonyl (C=O) groups is 1. The average Bonchev–Trinajstić information content (AvgIpc) is 3.37. The van der Waals surface area contributed by atoms with Crippen molar-refractivity contribution in [3.8, 4) is 28.4 Å². The van der Waals surface area contributed by atoms with E-state index in [2.05, 4.69) is 36.5 Å². The topological polar surface area (TPSA) is 84.7 Å². The van der Waals surface area contributed by atoms with E-state index in [0.717, 1.165) is 29.0 Å². The number of aromatic nitrogens is 3. The van der Waals surface area contributed by atoms with Gasteiger partial charge in [0.25, 0.3) is 0 Å². The van der Waals surface area contributed by atoms with Gasteiger partial charge >= 0.3 is 12.1 Å². The maximum atomic E-state index is 14.0. The molecule has 2 heterocycles. The Bertz CT molecular complexity index is 1450. The van der Waals surface area contributed by atoms with Gasteiger partial charge in [-0.15, -0.1) is 0 Å². The Kier molecular flexibility index (Phi) is 12.3. The van der Waals surface area contributed by atoms with Crippen molar-refractivity contribution in [1.82, 2.24) is 14.5 Å². The number of aryl methyl sites for hydroxylation is 1. The van der Waals surface area contributed by atoms with Gasteiger partial charge in [0.1, 0.15) is 24.0 Å². The number of imidazole rings is 1. The number of pyridine rings is 1. The molecule has 1 fully saturated rings. The van der Waals surface area contributed by atoms with Gasteiger partial charge in [0.15, 0.2) is 0 Å². The number of alkyl halides is 3. The van der Waals surface area contributed by atoms with Gasteiger partial charge in [0, 0.05) is 39.1 Å². The van der Waals surface area contributed by atoms with Crippen molar-refractivity contribution in [3.05, 3.63) is 54.0 Å². The summed E-state index contributed by atoms with van der Waals surface area (Å²) in [7, 11) is 0.212. The van der Waals surface area contributed by atoms with E-state index in [-0.39, 0.29) is 30.3 Å². The van der Waals surface area contributed by atoms with Crippen molar-refractivity contribution in [2.45, 2.75) is 97.1 Å². The van der Waals surface area contributed by atoms with Crippen molar-refractivity contribution < 1.29 is 36.9 Å². The molecular formula is C35H48F3N3O5Si. The quantitative estimate of drug-likeness (QED) is 0.0907. The number of unbranched alkanes of at least 4 members (excludes halogenated alkanes) is 1. The molecular weight excluding hydrogens is 627 g/mol. The van der Waals surface area contributed by atoms with E-state index in [0.29, 0.717) is 62.5 Å². The number of hydrogen-bond donors (Lipinski definition) is 0. The van der Waals surface area contributed by atoms with Crippen LogP contribution in [0.2, 0.25) is 25.7 Å². The highest BCUT2D eigenvalue weighted by Gasteiger charge is 2.44. The molecule has 12 heteroatoms. The van der Waals surface area contributed by atoms with Crippen LogP contribution in [0.1, 0.15) is 56.8 Å². The highest BCUT2D eigenvalue weighted by molar-refractivity contribution is 6.76. The molecule has 8 nitrogen and oxygen atoms in total. The van der Waals surface area contributed by atoms with Crippen LogP contribution in [-0.4, -0.2) is 61.6 Å². The molecule has 0 unspecified atom stereocenters. The van der Waals surface area contributed by atoms with Crippen LogP contribution in [0.3, 0.4) is 0 Å². The summed E-state index contributed by atoms with van der Waals surface area (Å²) in [6.07, 6.45) is 1.46. The molecule has 0 amide bonds. The Balaban J connectivity index is 1.41. The number of esters is 1. The molecule has 0 saturated heterocycles. The lowest BCUT2D eigenvalue weighted by Gasteiger charge is -2.37. The first-order valence-electron chi connectivity index (χ1n) is 16.4. The van der Waals surface area contributed by atoms with Crippen LogP contribution in [0.4, 0.5) is 13.2 Å². The normalized spacial score (nSPS) is 18.7. The molecule has 2 aromatic heterocycles.